The van der Waals surface area contributed by atoms with Crippen LogP contribution in [0.3, 0.4) is 0 Å². The smallest absolute Gasteiger partial charge is 0.410 e. The largest absolute Gasteiger partial charge is 0.444 e. The van der Waals surface area contributed by atoms with Gasteiger partial charge < -0.3 is 14.7 Å². The number of hydrogen-bond acceptors (Lipinski definition) is 3. The van der Waals surface area contributed by atoms with Crippen LogP contribution in [0.25, 0.3) is 0 Å². The normalized spacial score (nSPS) is 21.9. The third-order valence-corrected chi connectivity index (χ3v) is 3.78. The van der Waals surface area contributed by atoms with Crippen molar-refractivity contribution in [2.75, 3.05) is 6.54 Å². The Balaban J connectivity index is 2.51. The van der Waals surface area contributed by atoms with Gasteiger partial charge in [-0.15, -0.1) is 0 Å². The summed E-state index contributed by atoms with van der Waals surface area (Å²) in [5.41, 5.74) is -0.551. The fourth-order valence-electron chi connectivity index (χ4n) is 2.48. The van der Waals surface area contributed by atoms with E-state index in [4.69, 9.17) is 4.74 Å². The quantitative estimate of drug-likeness (QED) is 0.862. The molecule has 118 valence electrons. The highest BCUT2D eigenvalue weighted by Crippen LogP contribution is 2.28. The topological polar surface area (TPSA) is 49.8 Å². The Bertz CT molecular complexity index is 328. The summed E-state index contributed by atoms with van der Waals surface area (Å²) in [5, 5.41) is 10.1. The molecule has 0 saturated carbocycles. The summed E-state index contributed by atoms with van der Waals surface area (Å²) in [6, 6.07) is 0.210. The zero-order chi connectivity index (χ0) is 15.6. The van der Waals surface area contributed by atoms with Gasteiger partial charge in [0.2, 0.25) is 0 Å². The van der Waals surface area contributed by atoms with Gasteiger partial charge in [-0.3, -0.25) is 0 Å². The van der Waals surface area contributed by atoms with Crippen molar-refractivity contribution in [1.82, 2.24) is 4.90 Å². The summed E-state index contributed by atoms with van der Waals surface area (Å²) in [4.78, 5) is 14.0. The summed E-state index contributed by atoms with van der Waals surface area (Å²) >= 11 is 0. The molecule has 1 aliphatic heterocycles. The highest BCUT2D eigenvalue weighted by atomic mass is 16.6. The van der Waals surface area contributed by atoms with E-state index in [0.717, 1.165) is 32.2 Å². The first-order valence-corrected chi connectivity index (χ1v) is 7.68. The minimum absolute atomic E-state index is 0.102. The van der Waals surface area contributed by atoms with Gasteiger partial charge in [0.1, 0.15) is 5.60 Å². The lowest BCUT2D eigenvalue weighted by Gasteiger charge is -2.31. The van der Waals surface area contributed by atoms with Crippen molar-refractivity contribution in [3.05, 3.63) is 0 Å². The Morgan fingerprint density at radius 1 is 1.30 bits per heavy atom. The third kappa shape index (κ3) is 5.31. The molecule has 1 rings (SSSR count). The number of hydrogen-bond donors (Lipinski definition) is 1. The molecule has 4 heteroatoms. The zero-order valence-corrected chi connectivity index (χ0v) is 13.9. The molecule has 0 spiro atoms. The lowest BCUT2D eigenvalue weighted by atomic mass is 9.85. The highest BCUT2D eigenvalue weighted by Gasteiger charge is 2.33. The molecule has 20 heavy (non-hydrogen) atoms. The van der Waals surface area contributed by atoms with Gasteiger partial charge in [-0.05, 0) is 51.9 Å². The van der Waals surface area contributed by atoms with Gasteiger partial charge in [-0.1, -0.05) is 20.8 Å². The number of carbonyl (C=O) groups excluding carboxylic acids is 1. The van der Waals surface area contributed by atoms with Crippen LogP contribution in [0.1, 0.15) is 67.2 Å². The van der Waals surface area contributed by atoms with Crippen molar-refractivity contribution < 1.29 is 14.6 Å². The van der Waals surface area contributed by atoms with E-state index < -0.39 is 5.60 Å². The lowest BCUT2D eigenvalue weighted by Crippen LogP contribution is -2.40. The lowest BCUT2D eigenvalue weighted by molar-refractivity contribution is 0.0168. The first kappa shape index (κ1) is 17.3. The van der Waals surface area contributed by atoms with E-state index in [9.17, 15) is 9.90 Å². The molecule has 0 aromatic rings. The molecule has 0 aromatic heterocycles. The SMILES string of the molecule is CC(C)(C)OC(=O)N1CCC[C@H]1CC[C@@H](O)C(C)(C)C. The maximum atomic E-state index is 12.2. The molecule has 0 aromatic carbocycles. The number of amides is 1. The van der Waals surface area contributed by atoms with E-state index in [1.54, 1.807) is 0 Å². The van der Waals surface area contributed by atoms with Crippen molar-refractivity contribution in [1.29, 1.82) is 0 Å². The Morgan fingerprint density at radius 3 is 2.40 bits per heavy atom. The van der Waals surface area contributed by atoms with Crippen molar-refractivity contribution in [3.63, 3.8) is 0 Å². The molecule has 4 nitrogen and oxygen atoms in total. The van der Waals surface area contributed by atoms with E-state index in [0.29, 0.717) is 0 Å². The van der Waals surface area contributed by atoms with Crippen LogP contribution in [0.5, 0.6) is 0 Å². The van der Waals surface area contributed by atoms with Crippen molar-refractivity contribution in [2.45, 2.75) is 85.0 Å². The number of rotatable bonds is 3. The van der Waals surface area contributed by atoms with E-state index in [2.05, 4.69) is 0 Å². The summed E-state index contributed by atoms with van der Waals surface area (Å²) in [7, 11) is 0. The van der Waals surface area contributed by atoms with E-state index in [1.807, 2.05) is 46.4 Å². The first-order valence-electron chi connectivity index (χ1n) is 7.68. The van der Waals surface area contributed by atoms with Gasteiger partial charge in [-0.25, -0.2) is 4.79 Å². The monoisotopic (exact) mass is 285 g/mol. The van der Waals surface area contributed by atoms with Crippen LogP contribution in [0.15, 0.2) is 0 Å². The Kier molecular flexibility index (Phi) is 5.47. The van der Waals surface area contributed by atoms with Crippen LogP contribution in [-0.4, -0.2) is 40.4 Å². The van der Waals surface area contributed by atoms with Crippen LogP contribution in [0.2, 0.25) is 0 Å². The molecule has 1 aliphatic rings. The van der Waals surface area contributed by atoms with Crippen molar-refractivity contribution in [2.24, 2.45) is 5.41 Å². The van der Waals surface area contributed by atoms with Gasteiger partial charge in [0.25, 0.3) is 0 Å². The molecular formula is C16H31NO3. The Morgan fingerprint density at radius 2 is 1.90 bits per heavy atom. The summed E-state index contributed by atoms with van der Waals surface area (Å²) < 4.78 is 5.45. The number of likely N-dealkylation sites (tertiary alicyclic amines) is 1. The van der Waals surface area contributed by atoms with Crippen LogP contribution in [0.4, 0.5) is 4.79 Å². The van der Waals surface area contributed by atoms with Gasteiger partial charge in [0.15, 0.2) is 0 Å². The average molecular weight is 285 g/mol. The van der Waals surface area contributed by atoms with Gasteiger partial charge in [-0.2, -0.15) is 0 Å². The number of aliphatic hydroxyl groups excluding tert-OH is 1. The van der Waals surface area contributed by atoms with Crippen molar-refractivity contribution >= 4 is 6.09 Å². The van der Waals surface area contributed by atoms with Crippen LogP contribution in [0, 0.1) is 5.41 Å². The summed E-state index contributed by atoms with van der Waals surface area (Å²) in [5.74, 6) is 0. The van der Waals surface area contributed by atoms with E-state index in [-0.39, 0.29) is 23.7 Å². The molecule has 1 saturated heterocycles. The van der Waals surface area contributed by atoms with Crippen LogP contribution >= 0.6 is 0 Å². The van der Waals surface area contributed by atoms with E-state index in [1.165, 1.54) is 0 Å². The van der Waals surface area contributed by atoms with Gasteiger partial charge >= 0.3 is 6.09 Å². The molecule has 1 amide bonds. The fraction of sp³-hybridized carbons (Fsp3) is 0.938. The molecule has 0 unspecified atom stereocenters. The first-order chi connectivity index (χ1) is 9.00. The maximum absolute atomic E-state index is 12.2. The predicted molar refractivity (Wildman–Crippen MR) is 80.7 cm³/mol. The minimum atomic E-state index is -0.449. The molecule has 1 heterocycles. The molecule has 1 fully saturated rings. The second-order valence-electron chi connectivity index (χ2n) is 7.93. The standard InChI is InChI=1S/C16H31NO3/c1-15(2,3)13(18)10-9-12-8-7-11-17(12)14(19)20-16(4,5)6/h12-13,18H,7-11H2,1-6H3/t12-,13+/m0/s1. The zero-order valence-electron chi connectivity index (χ0n) is 13.9. The maximum Gasteiger partial charge on any atom is 0.410 e. The molecule has 0 bridgehead atoms. The number of carbonyl (C=O) groups is 1. The molecule has 0 aliphatic carbocycles. The second-order valence-corrected chi connectivity index (χ2v) is 7.93. The minimum Gasteiger partial charge on any atom is -0.444 e. The third-order valence-electron chi connectivity index (χ3n) is 3.78. The van der Waals surface area contributed by atoms with E-state index >= 15 is 0 Å². The molecule has 1 N–H and O–H groups in total. The fourth-order valence-corrected chi connectivity index (χ4v) is 2.48. The molecule has 2 atom stereocenters. The summed E-state index contributed by atoms with van der Waals surface area (Å²) in [6.45, 7) is 12.6. The van der Waals surface area contributed by atoms with Crippen LogP contribution in [-0.2, 0) is 4.74 Å². The highest BCUT2D eigenvalue weighted by molar-refractivity contribution is 5.68. The molecule has 0 radical (unpaired) electrons. The number of nitrogens with zero attached hydrogens (tertiary/aromatic N) is 1. The number of aliphatic hydroxyl groups is 1. The van der Waals surface area contributed by atoms with Gasteiger partial charge in [0.05, 0.1) is 6.10 Å². The summed E-state index contributed by atoms with van der Waals surface area (Å²) in [6.07, 6.45) is 3.06. The molecular weight excluding hydrogens is 254 g/mol. The van der Waals surface area contributed by atoms with Gasteiger partial charge in [0, 0.05) is 12.6 Å². The Hall–Kier alpha value is -0.770. The van der Waals surface area contributed by atoms with Crippen LogP contribution < -0.4 is 0 Å². The average Bonchev–Trinajstić information content (AvgIpc) is 2.70. The number of ether oxygens (including phenoxy) is 1. The Labute approximate surface area is 123 Å². The van der Waals surface area contributed by atoms with Crippen molar-refractivity contribution in [3.8, 4) is 0 Å². The predicted octanol–water partition coefficient (Wildman–Crippen LogP) is 3.57. The second kappa shape index (κ2) is 6.33.